The summed E-state index contributed by atoms with van der Waals surface area (Å²) in [4.78, 5) is 23.1. The van der Waals surface area contributed by atoms with Gasteiger partial charge in [0.15, 0.2) is 0 Å². The number of rotatable bonds is 8. The predicted molar refractivity (Wildman–Crippen MR) is 103 cm³/mol. The number of carboxylic acid groups (broad SMARTS) is 1. The molecule has 0 spiro atoms. The molecule has 1 fully saturated rings. The number of carboxylic acids is 1. The largest absolute Gasteiger partial charge is 0.497 e. The van der Waals surface area contributed by atoms with Gasteiger partial charge in [0.05, 0.1) is 12.9 Å². The number of anilines is 1. The van der Waals surface area contributed by atoms with E-state index in [9.17, 15) is 9.59 Å². The average molecular weight is 371 g/mol. The molecule has 2 N–H and O–H groups in total. The van der Waals surface area contributed by atoms with E-state index in [2.05, 4.69) is 5.32 Å². The number of benzene rings is 2. The van der Waals surface area contributed by atoms with E-state index in [-0.39, 0.29) is 23.5 Å². The van der Waals surface area contributed by atoms with Crippen molar-refractivity contribution in [3.05, 3.63) is 59.7 Å². The molecule has 136 valence electrons. The van der Waals surface area contributed by atoms with Crippen molar-refractivity contribution in [2.24, 2.45) is 5.92 Å². The number of ether oxygens (including phenoxy) is 1. The zero-order chi connectivity index (χ0) is 18.5. The van der Waals surface area contributed by atoms with Gasteiger partial charge in [-0.3, -0.25) is 9.59 Å². The Labute approximate surface area is 156 Å². The van der Waals surface area contributed by atoms with Crippen molar-refractivity contribution >= 4 is 29.3 Å². The Kier molecular flexibility index (Phi) is 5.83. The van der Waals surface area contributed by atoms with E-state index in [1.165, 1.54) is 11.8 Å². The Morgan fingerprint density at radius 3 is 2.81 bits per heavy atom. The van der Waals surface area contributed by atoms with Crippen LogP contribution in [0.4, 0.5) is 5.69 Å². The highest BCUT2D eigenvalue weighted by molar-refractivity contribution is 7.99. The van der Waals surface area contributed by atoms with Crippen LogP contribution in [0.1, 0.15) is 23.5 Å². The molecule has 2 aromatic carbocycles. The minimum atomic E-state index is -0.822. The van der Waals surface area contributed by atoms with Crippen molar-refractivity contribution in [2.45, 2.75) is 18.1 Å². The summed E-state index contributed by atoms with van der Waals surface area (Å²) in [5.41, 5.74) is 2.87. The number of hydrogen-bond acceptors (Lipinski definition) is 4. The van der Waals surface area contributed by atoms with E-state index in [0.717, 1.165) is 29.0 Å². The minimum Gasteiger partial charge on any atom is -0.497 e. The van der Waals surface area contributed by atoms with E-state index in [0.29, 0.717) is 5.75 Å². The van der Waals surface area contributed by atoms with Gasteiger partial charge >= 0.3 is 5.97 Å². The SMILES string of the molecule is COc1cccc(C2CC2C(=O)Nc2cccc(CSCC(=O)O)c2)c1. The summed E-state index contributed by atoms with van der Waals surface area (Å²) in [5, 5.41) is 11.7. The number of thioether (sulfide) groups is 1. The summed E-state index contributed by atoms with van der Waals surface area (Å²) < 4.78 is 5.25. The van der Waals surface area contributed by atoms with Crippen LogP contribution in [0.5, 0.6) is 5.75 Å². The van der Waals surface area contributed by atoms with E-state index in [1.54, 1.807) is 7.11 Å². The number of nitrogens with one attached hydrogen (secondary N) is 1. The van der Waals surface area contributed by atoms with Crippen LogP contribution >= 0.6 is 11.8 Å². The molecule has 26 heavy (non-hydrogen) atoms. The quantitative estimate of drug-likeness (QED) is 0.739. The molecule has 0 heterocycles. The standard InChI is InChI=1S/C20H21NO4S/c1-25-16-7-3-5-14(9-16)17-10-18(17)20(24)21-15-6-2-4-13(8-15)11-26-12-19(22)23/h2-9,17-18H,10-12H2,1H3,(H,21,24)(H,22,23). The summed E-state index contributed by atoms with van der Waals surface area (Å²) in [6, 6.07) is 15.4. The highest BCUT2D eigenvalue weighted by Crippen LogP contribution is 2.48. The van der Waals surface area contributed by atoms with Gasteiger partial charge in [-0.25, -0.2) is 0 Å². The second-order valence-corrected chi connectivity index (χ2v) is 7.29. The van der Waals surface area contributed by atoms with E-state index >= 15 is 0 Å². The van der Waals surface area contributed by atoms with Gasteiger partial charge in [0.2, 0.25) is 5.91 Å². The zero-order valence-electron chi connectivity index (χ0n) is 14.5. The first-order chi connectivity index (χ1) is 12.6. The number of aliphatic carboxylic acids is 1. The van der Waals surface area contributed by atoms with Crippen LogP contribution < -0.4 is 10.1 Å². The molecule has 0 aliphatic heterocycles. The number of amides is 1. The third kappa shape index (κ3) is 4.79. The van der Waals surface area contributed by atoms with Gasteiger partial charge in [-0.1, -0.05) is 24.3 Å². The molecule has 0 aromatic heterocycles. The maximum Gasteiger partial charge on any atom is 0.313 e. The molecule has 0 bridgehead atoms. The topological polar surface area (TPSA) is 75.6 Å². The molecule has 3 rings (SSSR count). The molecule has 1 amide bonds. The van der Waals surface area contributed by atoms with Crippen LogP contribution in [0.2, 0.25) is 0 Å². The van der Waals surface area contributed by atoms with Crippen molar-refractivity contribution in [2.75, 3.05) is 18.2 Å². The third-order valence-electron chi connectivity index (χ3n) is 4.34. The van der Waals surface area contributed by atoms with Crippen molar-refractivity contribution in [1.29, 1.82) is 0 Å². The molecular formula is C20H21NO4S. The molecule has 2 aromatic rings. The fourth-order valence-corrected chi connectivity index (χ4v) is 3.65. The maximum atomic E-state index is 12.5. The lowest BCUT2D eigenvalue weighted by Gasteiger charge is -2.08. The molecule has 1 saturated carbocycles. The van der Waals surface area contributed by atoms with Gasteiger partial charge < -0.3 is 15.2 Å². The van der Waals surface area contributed by atoms with Gasteiger partial charge in [0.1, 0.15) is 5.75 Å². The Morgan fingerprint density at radius 1 is 1.23 bits per heavy atom. The first-order valence-corrected chi connectivity index (χ1v) is 9.55. The normalized spacial score (nSPS) is 18.2. The van der Waals surface area contributed by atoms with Crippen LogP contribution in [0.3, 0.4) is 0 Å². The fraction of sp³-hybridized carbons (Fsp3) is 0.300. The van der Waals surface area contributed by atoms with Crippen LogP contribution in [0.25, 0.3) is 0 Å². The molecule has 1 aliphatic carbocycles. The second kappa shape index (κ2) is 8.27. The average Bonchev–Trinajstić information content (AvgIpc) is 3.43. The van der Waals surface area contributed by atoms with Crippen LogP contribution in [0.15, 0.2) is 48.5 Å². The van der Waals surface area contributed by atoms with Crippen molar-refractivity contribution < 1.29 is 19.4 Å². The Balaban J connectivity index is 1.56. The number of hydrogen-bond donors (Lipinski definition) is 2. The minimum absolute atomic E-state index is 0.0212. The molecule has 2 unspecified atom stereocenters. The Morgan fingerprint density at radius 2 is 2.04 bits per heavy atom. The monoisotopic (exact) mass is 371 g/mol. The van der Waals surface area contributed by atoms with E-state index < -0.39 is 5.97 Å². The Bertz CT molecular complexity index is 808. The predicted octanol–water partition coefficient (Wildman–Crippen LogP) is 3.76. The number of carbonyl (C=O) groups excluding carboxylic acids is 1. The molecule has 0 radical (unpaired) electrons. The second-order valence-electron chi connectivity index (χ2n) is 6.30. The Hall–Kier alpha value is -2.47. The zero-order valence-corrected chi connectivity index (χ0v) is 15.3. The molecule has 6 heteroatoms. The first-order valence-electron chi connectivity index (χ1n) is 8.40. The molecule has 1 aliphatic rings. The van der Waals surface area contributed by atoms with Crippen LogP contribution in [-0.4, -0.2) is 29.8 Å². The van der Waals surface area contributed by atoms with Crippen LogP contribution in [-0.2, 0) is 15.3 Å². The number of methoxy groups -OCH3 is 1. The molecule has 0 saturated heterocycles. The smallest absolute Gasteiger partial charge is 0.313 e. The van der Waals surface area contributed by atoms with Crippen molar-refractivity contribution in [1.82, 2.24) is 0 Å². The number of carbonyl (C=O) groups is 2. The fourth-order valence-electron chi connectivity index (χ4n) is 2.96. The molecular weight excluding hydrogens is 350 g/mol. The lowest BCUT2D eigenvalue weighted by atomic mass is 10.1. The summed E-state index contributed by atoms with van der Waals surface area (Å²) >= 11 is 1.34. The van der Waals surface area contributed by atoms with E-state index in [4.69, 9.17) is 9.84 Å². The lowest BCUT2D eigenvalue weighted by molar-refractivity contribution is -0.133. The van der Waals surface area contributed by atoms with Crippen molar-refractivity contribution in [3.8, 4) is 5.75 Å². The van der Waals surface area contributed by atoms with E-state index in [1.807, 2.05) is 48.5 Å². The third-order valence-corrected chi connectivity index (χ3v) is 5.33. The summed E-state index contributed by atoms with van der Waals surface area (Å²) in [6.07, 6.45) is 0.840. The first kappa shape index (κ1) is 18.3. The maximum absolute atomic E-state index is 12.5. The van der Waals surface area contributed by atoms with Gasteiger partial charge in [-0.15, -0.1) is 11.8 Å². The summed E-state index contributed by atoms with van der Waals surface area (Å²) in [7, 11) is 1.64. The molecule has 5 nitrogen and oxygen atoms in total. The highest BCUT2D eigenvalue weighted by Gasteiger charge is 2.44. The lowest BCUT2D eigenvalue weighted by Crippen LogP contribution is -2.14. The van der Waals surface area contributed by atoms with Gasteiger partial charge in [0, 0.05) is 17.4 Å². The highest BCUT2D eigenvalue weighted by atomic mass is 32.2. The van der Waals surface area contributed by atoms with Crippen LogP contribution in [0, 0.1) is 5.92 Å². The van der Waals surface area contributed by atoms with Gasteiger partial charge in [-0.2, -0.15) is 0 Å². The summed E-state index contributed by atoms with van der Waals surface area (Å²) in [6.45, 7) is 0. The summed E-state index contributed by atoms with van der Waals surface area (Å²) in [5.74, 6) is 0.892. The molecule has 2 atom stereocenters. The van der Waals surface area contributed by atoms with Gasteiger partial charge in [0.25, 0.3) is 0 Å². The van der Waals surface area contributed by atoms with Crippen molar-refractivity contribution in [3.63, 3.8) is 0 Å². The van der Waals surface area contributed by atoms with Gasteiger partial charge in [-0.05, 0) is 47.7 Å².